The first kappa shape index (κ1) is 15.7. The highest BCUT2D eigenvalue weighted by Crippen LogP contribution is 2.22. The maximum absolute atomic E-state index is 11.9. The summed E-state index contributed by atoms with van der Waals surface area (Å²) in [6.07, 6.45) is -5.08. The molecule has 1 atom stereocenters. The first-order chi connectivity index (χ1) is 9.85. The highest BCUT2D eigenvalue weighted by molar-refractivity contribution is 5.79. The van der Waals surface area contributed by atoms with Crippen LogP contribution in [0.2, 0.25) is 0 Å². The quantitative estimate of drug-likeness (QED) is 0.859. The van der Waals surface area contributed by atoms with Crippen molar-refractivity contribution in [3.63, 3.8) is 0 Å². The van der Waals surface area contributed by atoms with Crippen molar-refractivity contribution in [1.29, 1.82) is 0 Å². The Kier molecular flexibility index (Phi) is 4.80. The zero-order valence-electron chi connectivity index (χ0n) is 11.5. The van der Waals surface area contributed by atoms with Gasteiger partial charge in [-0.05, 0) is 30.7 Å². The molecular formula is C15H16F3NO2. The van der Waals surface area contributed by atoms with E-state index < -0.39 is 18.9 Å². The third kappa shape index (κ3) is 4.68. The van der Waals surface area contributed by atoms with E-state index >= 15 is 0 Å². The summed E-state index contributed by atoms with van der Waals surface area (Å²) in [5.74, 6) is 0. The molecule has 21 heavy (non-hydrogen) atoms. The van der Waals surface area contributed by atoms with E-state index in [4.69, 9.17) is 0 Å². The lowest BCUT2D eigenvalue weighted by molar-refractivity contribution is -0.175. The molecule has 2 aromatic rings. The standard InChI is InChI=1S/C15H16F3NO2/c1-10-2-3-11-8-12(4-5-13(11)19-10)14(20)6-7-21-9-15(16,17)18/h2-5,8,14,20H,6-7,9H2,1H3. The SMILES string of the molecule is Cc1ccc2cc(C(O)CCOCC(F)(F)F)ccc2n1. The smallest absolute Gasteiger partial charge is 0.388 e. The Hall–Kier alpha value is -1.66. The van der Waals surface area contributed by atoms with Crippen LogP contribution >= 0.6 is 0 Å². The van der Waals surface area contributed by atoms with Gasteiger partial charge in [0.15, 0.2) is 0 Å². The molecule has 1 heterocycles. The number of rotatable bonds is 5. The number of aryl methyl sites for hydroxylation is 1. The van der Waals surface area contributed by atoms with Crippen molar-refractivity contribution in [2.45, 2.75) is 25.6 Å². The summed E-state index contributed by atoms with van der Waals surface area (Å²) in [6.45, 7) is 0.450. The van der Waals surface area contributed by atoms with E-state index in [0.717, 1.165) is 16.6 Å². The zero-order valence-corrected chi connectivity index (χ0v) is 11.5. The second kappa shape index (κ2) is 6.41. The summed E-state index contributed by atoms with van der Waals surface area (Å²) in [6, 6.07) is 9.07. The van der Waals surface area contributed by atoms with E-state index in [1.807, 2.05) is 19.1 Å². The molecule has 1 unspecified atom stereocenters. The van der Waals surface area contributed by atoms with E-state index in [0.29, 0.717) is 5.56 Å². The molecule has 0 spiro atoms. The minimum Gasteiger partial charge on any atom is -0.388 e. The molecule has 0 bridgehead atoms. The summed E-state index contributed by atoms with van der Waals surface area (Å²) in [7, 11) is 0. The third-order valence-electron chi connectivity index (χ3n) is 3.04. The van der Waals surface area contributed by atoms with Gasteiger partial charge < -0.3 is 9.84 Å². The topological polar surface area (TPSA) is 42.4 Å². The summed E-state index contributed by atoms with van der Waals surface area (Å²) in [5, 5.41) is 10.9. The number of ether oxygens (including phenoxy) is 1. The third-order valence-corrected chi connectivity index (χ3v) is 3.04. The van der Waals surface area contributed by atoms with Gasteiger partial charge in [-0.1, -0.05) is 12.1 Å². The molecule has 0 amide bonds. The Labute approximate surface area is 120 Å². The maximum Gasteiger partial charge on any atom is 0.411 e. The van der Waals surface area contributed by atoms with Gasteiger partial charge >= 0.3 is 6.18 Å². The van der Waals surface area contributed by atoms with E-state index in [2.05, 4.69) is 9.72 Å². The molecule has 114 valence electrons. The number of aliphatic hydroxyl groups excluding tert-OH is 1. The molecule has 0 fully saturated rings. The van der Waals surface area contributed by atoms with E-state index in [1.54, 1.807) is 18.2 Å². The van der Waals surface area contributed by atoms with Crippen LogP contribution in [-0.2, 0) is 4.74 Å². The van der Waals surface area contributed by atoms with Crippen molar-refractivity contribution in [3.05, 3.63) is 41.6 Å². The van der Waals surface area contributed by atoms with Crippen LogP contribution in [0.4, 0.5) is 13.2 Å². The van der Waals surface area contributed by atoms with Gasteiger partial charge in [0.2, 0.25) is 0 Å². The predicted molar refractivity (Wildman–Crippen MR) is 72.9 cm³/mol. The number of halogens is 3. The number of benzene rings is 1. The fraction of sp³-hybridized carbons (Fsp3) is 0.400. The van der Waals surface area contributed by atoms with Gasteiger partial charge in [-0.25, -0.2) is 0 Å². The first-order valence-corrected chi connectivity index (χ1v) is 6.55. The Morgan fingerprint density at radius 2 is 2.00 bits per heavy atom. The normalized spacial score (nSPS) is 13.6. The fourth-order valence-corrected chi connectivity index (χ4v) is 2.00. The number of aliphatic hydroxyl groups is 1. The molecule has 0 aliphatic heterocycles. The van der Waals surface area contributed by atoms with E-state index in [-0.39, 0.29) is 13.0 Å². The molecule has 0 aliphatic rings. The van der Waals surface area contributed by atoms with Crippen LogP contribution in [0.1, 0.15) is 23.8 Å². The van der Waals surface area contributed by atoms with Crippen LogP contribution in [0.25, 0.3) is 10.9 Å². The Bertz CT molecular complexity index is 613. The fourth-order valence-electron chi connectivity index (χ4n) is 2.00. The average molecular weight is 299 g/mol. The maximum atomic E-state index is 11.9. The van der Waals surface area contributed by atoms with E-state index in [1.165, 1.54) is 0 Å². The molecule has 0 saturated heterocycles. The van der Waals surface area contributed by atoms with Gasteiger partial charge in [0, 0.05) is 24.1 Å². The highest BCUT2D eigenvalue weighted by atomic mass is 19.4. The first-order valence-electron chi connectivity index (χ1n) is 6.55. The Morgan fingerprint density at radius 3 is 2.71 bits per heavy atom. The minimum atomic E-state index is -4.34. The van der Waals surface area contributed by atoms with Crippen molar-refractivity contribution in [2.24, 2.45) is 0 Å². The van der Waals surface area contributed by atoms with Gasteiger partial charge in [0.05, 0.1) is 11.6 Å². The van der Waals surface area contributed by atoms with E-state index in [9.17, 15) is 18.3 Å². The Balaban J connectivity index is 1.96. The second-order valence-corrected chi connectivity index (χ2v) is 4.88. The van der Waals surface area contributed by atoms with Gasteiger partial charge in [0.1, 0.15) is 6.61 Å². The molecular weight excluding hydrogens is 283 g/mol. The minimum absolute atomic E-state index is 0.112. The zero-order chi connectivity index (χ0) is 15.5. The molecule has 6 heteroatoms. The van der Waals surface area contributed by atoms with Crippen molar-refractivity contribution < 1.29 is 23.0 Å². The van der Waals surface area contributed by atoms with Crippen LogP contribution < -0.4 is 0 Å². The highest BCUT2D eigenvalue weighted by Gasteiger charge is 2.27. The summed E-state index contributed by atoms with van der Waals surface area (Å²) in [4.78, 5) is 4.35. The number of alkyl halides is 3. The summed E-state index contributed by atoms with van der Waals surface area (Å²) < 4.78 is 40.2. The lowest BCUT2D eigenvalue weighted by atomic mass is 10.0. The van der Waals surface area contributed by atoms with Crippen molar-refractivity contribution >= 4 is 10.9 Å². The lowest BCUT2D eigenvalue weighted by Gasteiger charge is -2.13. The van der Waals surface area contributed by atoms with Gasteiger partial charge in [-0.15, -0.1) is 0 Å². The van der Waals surface area contributed by atoms with Gasteiger partial charge in [0.25, 0.3) is 0 Å². The molecule has 1 N–H and O–H groups in total. The van der Waals surface area contributed by atoms with Crippen LogP contribution in [0.5, 0.6) is 0 Å². The number of aromatic nitrogens is 1. The second-order valence-electron chi connectivity index (χ2n) is 4.88. The molecule has 1 aromatic carbocycles. The molecule has 2 rings (SSSR count). The van der Waals surface area contributed by atoms with Crippen molar-refractivity contribution in [3.8, 4) is 0 Å². The lowest BCUT2D eigenvalue weighted by Crippen LogP contribution is -2.18. The number of nitrogens with zero attached hydrogens (tertiary/aromatic N) is 1. The molecule has 1 aromatic heterocycles. The van der Waals surface area contributed by atoms with Gasteiger partial charge in [-0.2, -0.15) is 13.2 Å². The molecule has 0 radical (unpaired) electrons. The van der Waals surface area contributed by atoms with Crippen LogP contribution in [0, 0.1) is 6.92 Å². The molecule has 0 saturated carbocycles. The van der Waals surface area contributed by atoms with Gasteiger partial charge in [-0.3, -0.25) is 4.98 Å². The largest absolute Gasteiger partial charge is 0.411 e. The van der Waals surface area contributed by atoms with Crippen molar-refractivity contribution in [1.82, 2.24) is 4.98 Å². The molecule has 0 aliphatic carbocycles. The summed E-state index contributed by atoms with van der Waals surface area (Å²) >= 11 is 0. The number of pyridine rings is 1. The average Bonchev–Trinajstić information content (AvgIpc) is 2.41. The van der Waals surface area contributed by atoms with Crippen molar-refractivity contribution in [2.75, 3.05) is 13.2 Å². The number of hydrogen-bond donors (Lipinski definition) is 1. The number of fused-ring (bicyclic) bond motifs is 1. The number of hydrogen-bond acceptors (Lipinski definition) is 3. The summed E-state index contributed by atoms with van der Waals surface area (Å²) in [5.41, 5.74) is 2.36. The van der Waals surface area contributed by atoms with Crippen LogP contribution in [-0.4, -0.2) is 29.5 Å². The van der Waals surface area contributed by atoms with Crippen LogP contribution in [0.3, 0.4) is 0 Å². The Morgan fingerprint density at radius 1 is 1.24 bits per heavy atom. The predicted octanol–water partition coefficient (Wildman–Crippen LogP) is 3.55. The monoisotopic (exact) mass is 299 g/mol. The molecule has 3 nitrogen and oxygen atoms in total. The van der Waals surface area contributed by atoms with Crippen LogP contribution in [0.15, 0.2) is 30.3 Å².